The Morgan fingerprint density at radius 3 is 2.47 bits per heavy atom. The third-order valence-corrected chi connectivity index (χ3v) is 3.03. The predicted octanol–water partition coefficient (Wildman–Crippen LogP) is 1.10. The van der Waals surface area contributed by atoms with Crippen molar-refractivity contribution >= 4 is 5.82 Å². The Morgan fingerprint density at radius 1 is 1.26 bits per heavy atom. The number of benzene rings is 1. The van der Waals surface area contributed by atoms with E-state index in [9.17, 15) is 5.11 Å². The zero-order valence-electron chi connectivity index (χ0n) is 11.1. The SMILES string of the molecule is COc1ccc(C(O)c2cnn(C)c2N)cc1OC. The molecule has 1 heterocycles. The smallest absolute Gasteiger partial charge is 0.161 e. The molecule has 0 spiro atoms. The molecular weight excluding hydrogens is 246 g/mol. The Bertz CT molecular complexity index is 581. The molecule has 0 fully saturated rings. The first-order chi connectivity index (χ1) is 9.08. The first-order valence-electron chi connectivity index (χ1n) is 5.75. The maximum Gasteiger partial charge on any atom is 0.161 e. The van der Waals surface area contributed by atoms with Crippen LogP contribution < -0.4 is 15.2 Å². The van der Waals surface area contributed by atoms with Gasteiger partial charge in [-0.3, -0.25) is 4.68 Å². The Balaban J connectivity index is 2.39. The van der Waals surface area contributed by atoms with Crippen LogP contribution in [-0.2, 0) is 7.05 Å². The summed E-state index contributed by atoms with van der Waals surface area (Å²) in [7, 11) is 4.83. The molecule has 6 nitrogen and oxygen atoms in total. The van der Waals surface area contributed by atoms with Gasteiger partial charge in [0.1, 0.15) is 11.9 Å². The highest BCUT2D eigenvalue weighted by Gasteiger charge is 2.18. The molecule has 1 atom stereocenters. The summed E-state index contributed by atoms with van der Waals surface area (Å²) in [6.45, 7) is 0. The molecule has 2 rings (SSSR count). The standard InChI is InChI=1S/C13H17N3O3/c1-16-13(14)9(7-15-16)12(17)8-4-5-10(18-2)11(6-8)19-3/h4-7,12,17H,14H2,1-3H3. The van der Waals surface area contributed by atoms with Crippen molar-refractivity contribution in [1.29, 1.82) is 0 Å². The summed E-state index contributed by atoms with van der Waals surface area (Å²) in [5.74, 6) is 1.60. The van der Waals surface area contributed by atoms with Crippen molar-refractivity contribution in [2.45, 2.75) is 6.10 Å². The number of aromatic nitrogens is 2. The van der Waals surface area contributed by atoms with E-state index in [1.165, 1.54) is 4.68 Å². The van der Waals surface area contributed by atoms with Crippen LogP contribution in [0.15, 0.2) is 24.4 Å². The van der Waals surface area contributed by atoms with Crippen LogP contribution in [0.2, 0.25) is 0 Å². The van der Waals surface area contributed by atoms with Gasteiger partial charge in [-0.15, -0.1) is 0 Å². The number of anilines is 1. The molecule has 0 radical (unpaired) electrons. The summed E-state index contributed by atoms with van der Waals surface area (Å²) in [6, 6.07) is 5.22. The lowest BCUT2D eigenvalue weighted by atomic mass is 10.0. The number of hydrogen-bond donors (Lipinski definition) is 2. The lowest BCUT2D eigenvalue weighted by Gasteiger charge is -2.14. The van der Waals surface area contributed by atoms with Crippen LogP contribution in [-0.4, -0.2) is 29.1 Å². The first kappa shape index (κ1) is 13.2. The van der Waals surface area contributed by atoms with Crippen molar-refractivity contribution in [3.05, 3.63) is 35.5 Å². The molecular formula is C13H17N3O3. The predicted molar refractivity (Wildman–Crippen MR) is 71.2 cm³/mol. The minimum absolute atomic E-state index is 0.433. The van der Waals surface area contributed by atoms with Gasteiger partial charge in [-0.05, 0) is 17.7 Å². The van der Waals surface area contributed by atoms with Crippen molar-refractivity contribution in [2.75, 3.05) is 20.0 Å². The van der Waals surface area contributed by atoms with Gasteiger partial charge in [-0.1, -0.05) is 6.07 Å². The fourth-order valence-corrected chi connectivity index (χ4v) is 1.88. The molecule has 2 aromatic rings. The van der Waals surface area contributed by atoms with Crippen molar-refractivity contribution in [3.8, 4) is 11.5 Å². The molecule has 0 saturated carbocycles. The number of nitrogens with zero attached hydrogens (tertiary/aromatic N) is 2. The quantitative estimate of drug-likeness (QED) is 0.863. The number of methoxy groups -OCH3 is 2. The van der Waals surface area contributed by atoms with Gasteiger partial charge in [0.25, 0.3) is 0 Å². The summed E-state index contributed by atoms with van der Waals surface area (Å²) in [6.07, 6.45) is 0.699. The third-order valence-electron chi connectivity index (χ3n) is 3.03. The summed E-state index contributed by atoms with van der Waals surface area (Å²) >= 11 is 0. The van der Waals surface area contributed by atoms with E-state index in [1.807, 2.05) is 0 Å². The van der Waals surface area contributed by atoms with Crippen LogP contribution in [0.4, 0.5) is 5.82 Å². The second-order valence-electron chi connectivity index (χ2n) is 4.13. The van der Waals surface area contributed by atoms with Gasteiger partial charge in [0, 0.05) is 12.6 Å². The maximum atomic E-state index is 10.3. The molecule has 1 aromatic heterocycles. The van der Waals surface area contributed by atoms with Gasteiger partial charge in [0.2, 0.25) is 0 Å². The van der Waals surface area contributed by atoms with Crippen LogP contribution in [0.25, 0.3) is 0 Å². The highest BCUT2D eigenvalue weighted by molar-refractivity contribution is 5.48. The topological polar surface area (TPSA) is 82.5 Å². The van der Waals surface area contributed by atoms with Gasteiger partial charge < -0.3 is 20.3 Å². The number of rotatable bonds is 4. The molecule has 0 aliphatic heterocycles. The van der Waals surface area contributed by atoms with Gasteiger partial charge in [-0.25, -0.2) is 0 Å². The number of aliphatic hydroxyl groups is 1. The average Bonchev–Trinajstić information content (AvgIpc) is 2.77. The Kier molecular flexibility index (Phi) is 3.62. The molecule has 19 heavy (non-hydrogen) atoms. The fourth-order valence-electron chi connectivity index (χ4n) is 1.88. The highest BCUT2D eigenvalue weighted by atomic mass is 16.5. The zero-order chi connectivity index (χ0) is 14.0. The summed E-state index contributed by atoms with van der Waals surface area (Å²) < 4.78 is 11.9. The first-order valence-corrected chi connectivity index (χ1v) is 5.75. The number of aliphatic hydroxyl groups excluding tert-OH is 1. The molecule has 0 saturated heterocycles. The Hall–Kier alpha value is -2.21. The number of hydrogen-bond acceptors (Lipinski definition) is 5. The van der Waals surface area contributed by atoms with E-state index < -0.39 is 6.10 Å². The maximum absolute atomic E-state index is 10.3. The number of aryl methyl sites for hydroxylation is 1. The van der Waals surface area contributed by atoms with E-state index in [0.717, 1.165) is 0 Å². The minimum Gasteiger partial charge on any atom is -0.493 e. The van der Waals surface area contributed by atoms with E-state index in [0.29, 0.717) is 28.4 Å². The van der Waals surface area contributed by atoms with Crippen molar-refractivity contribution in [1.82, 2.24) is 9.78 Å². The van der Waals surface area contributed by atoms with Gasteiger partial charge in [-0.2, -0.15) is 5.10 Å². The average molecular weight is 263 g/mol. The van der Waals surface area contributed by atoms with Gasteiger partial charge >= 0.3 is 0 Å². The van der Waals surface area contributed by atoms with E-state index >= 15 is 0 Å². The van der Waals surface area contributed by atoms with Gasteiger partial charge in [0.05, 0.1) is 20.4 Å². The highest BCUT2D eigenvalue weighted by Crippen LogP contribution is 2.33. The van der Waals surface area contributed by atoms with E-state index in [2.05, 4.69) is 5.10 Å². The largest absolute Gasteiger partial charge is 0.493 e. The molecule has 1 aromatic carbocycles. The Morgan fingerprint density at radius 2 is 1.95 bits per heavy atom. The van der Waals surface area contributed by atoms with Crippen molar-refractivity contribution < 1.29 is 14.6 Å². The monoisotopic (exact) mass is 263 g/mol. The summed E-state index contributed by atoms with van der Waals surface area (Å²) in [4.78, 5) is 0. The number of nitrogen functional groups attached to an aromatic ring is 1. The molecule has 0 amide bonds. The molecule has 0 bridgehead atoms. The van der Waals surface area contributed by atoms with E-state index in [-0.39, 0.29) is 0 Å². The second kappa shape index (κ2) is 5.19. The number of nitrogens with two attached hydrogens (primary N) is 1. The summed E-state index contributed by atoms with van der Waals surface area (Å²) in [5, 5.41) is 14.4. The molecule has 6 heteroatoms. The summed E-state index contributed by atoms with van der Waals surface area (Å²) in [5.41, 5.74) is 7.08. The fraction of sp³-hybridized carbons (Fsp3) is 0.308. The van der Waals surface area contributed by atoms with Crippen LogP contribution in [0, 0.1) is 0 Å². The van der Waals surface area contributed by atoms with Crippen molar-refractivity contribution in [3.63, 3.8) is 0 Å². The number of ether oxygens (including phenoxy) is 2. The van der Waals surface area contributed by atoms with Crippen LogP contribution in [0.1, 0.15) is 17.2 Å². The lowest BCUT2D eigenvalue weighted by molar-refractivity contribution is 0.220. The van der Waals surface area contributed by atoms with Crippen molar-refractivity contribution in [2.24, 2.45) is 7.05 Å². The molecule has 3 N–H and O–H groups in total. The van der Waals surface area contributed by atoms with E-state index in [4.69, 9.17) is 15.2 Å². The molecule has 0 aliphatic rings. The van der Waals surface area contributed by atoms with E-state index in [1.54, 1.807) is 45.7 Å². The molecule has 0 aliphatic carbocycles. The van der Waals surface area contributed by atoms with Crippen LogP contribution >= 0.6 is 0 Å². The van der Waals surface area contributed by atoms with Crippen LogP contribution in [0.3, 0.4) is 0 Å². The normalized spacial score (nSPS) is 12.2. The molecule has 102 valence electrons. The van der Waals surface area contributed by atoms with Gasteiger partial charge in [0.15, 0.2) is 11.5 Å². The minimum atomic E-state index is -0.853. The second-order valence-corrected chi connectivity index (χ2v) is 4.13. The molecule has 1 unspecified atom stereocenters. The zero-order valence-corrected chi connectivity index (χ0v) is 11.1. The van der Waals surface area contributed by atoms with Crippen LogP contribution in [0.5, 0.6) is 11.5 Å². The lowest BCUT2D eigenvalue weighted by Crippen LogP contribution is -2.05. The third kappa shape index (κ3) is 2.34. The Labute approximate surface area is 111 Å².